The number of aryl methyl sites for hydroxylation is 1. The first-order chi connectivity index (χ1) is 18.7. The van der Waals surface area contributed by atoms with Gasteiger partial charge in [-0.1, -0.05) is 12.1 Å². The molecule has 0 unspecified atom stereocenters. The van der Waals surface area contributed by atoms with E-state index < -0.39 is 64.5 Å². The summed E-state index contributed by atoms with van der Waals surface area (Å²) in [5, 5.41) is 2.47. The van der Waals surface area contributed by atoms with Gasteiger partial charge in [0.15, 0.2) is 0 Å². The average molecular weight is 595 g/mol. The van der Waals surface area contributed by atoms with Gasteiger partial charge in [-0.2, -0.15) is 39.5 Å². The molecule has 0 aliphatic heterocycles. The maximum atomic E-state index is 14.6. The van der Waals surface area contributed by atoms with E-state index in [1.54, 1.807) is 0 Å². The molecule has 0 radical (unpaired) electrons. The minimum atomic E-state index is -6.65. The monoisotopic (exact) mass is 595 g/mol. The number of hydrogen-bond acceptors (Lipinski definition) is 3. The first-order valence-corrected chi connectivity index (χ1v) is 11.3. The third-order valence-corrected chi connectivity index (χ3v) is 5.97. The zero-order valence-corrected chi connectivity index (χ0v) is 20.9. The number of carbonyl (C=O) groups is 2. The van der Waals surface area contributed by atoms with Crippen LogP contribution >= 0.6 is 0 Å². The third kappa shape index (κ3) is 6.07. The minimum absolute atomic E-state index is 0.0340. The summed E-state index contributed by atoms with van der Waals surface area (Å²) in [6, 6.07) is 9.91. The first-order valence-electron chi connectivity index (χ1n) is 11.3. The highest BCUT2D eigenvalue weighted by Crippen LogP contribution is 2.55. The fourth-order valence-corrected chi connectivity index (χ4v) is 3.99. The molecule has 0 bridgehead atoms. The summed E-state index contributed by atoms with van der Waals surface area (Å²) in [6.07, 6.45) is -18.9. The molecule has 0 aromatic heterocycles. The Labute approximate surface area is 225 Å². The maximum absolute atomic E-state index is 14.6. The number of nitrogen functional groups attached to an aromatic ring is 1. The molecule has 3 N–H and O–H groups in total. The van der Waals surface area contributed by atoms with E-state index in [-0.39, 0.29) is 22.9 Å². The van der Waals surface area contributed by atoms with Crippen LogP contribution in [-0.2, 0) is 11.8 Å². The van der Waals surface area contributed by atoms with Gasteiger partial charge >= 0.3 is 24.2 Å². The van der Waals surface area contributed by atoms with Gasteiger partial charge in [-0.25, -0.2) is 4.39 Å². The van der Waals surface area contributed by atoms with Gasteiger partial charge in [0, 0.05) is 35.1 Å². The second kappa shape index (κ2) is 10.6. The lowest BCUT2D eigenvalue weighted by atomic mass is 9.89. The average Bonchev–Trinajstić information content (AvgIpc) is 2.85. The standard InChI is InChI=1S/C26H19F10N3O2/c1-13-10-16(23(27,25(31,32)33)26(34,35)36)12-19(24(28,29)30)20(13)39(2)22(41)15-4-3-5-18(11-15)38-21(40)14-6-8-17(37)9-7-14/h3-12H,37H2,1-2H3,(H,38,40). The Morgan fingerprint density at radius 1 is 0.780 bits per heavy atom. The van der Waals surface area contributed by atoms with Crippen molar-refractivity contribution in [2.75, 3.05) is 23.0 Å². The Kier molecular flexibility index (Phi) is 8.07. The first kappa shape index (κ1) is 31.2. The Hall–Kier alpha value is -4.30. The van der Waals surface area contributed by atoms with Gasteiger partial charge in [0.05, 0.1) is 11.3 Å². The van der Waals surface area contributed by atoms with Crippen LogP contribution in [0.15, 0.2) is 60.7 Å². The maximum Gasteiger partial charge on any atom is 0.435 e. The third-order valence-electron chi connectivity index (χ3n) is 5.97. The second-order valence-corrected chi connectivity index (χ2v) is 8.86. The molecule has 2 amide bonds. The number of hydrogen-bond donors (Lipinski definition) is 2. The summed E-state index contributed by atoms with van der Waals surface area (Å²) in [7, 11) is 0.801. The Morgan fingerprint density at radius 2 is 1.34 bits per heavy atom. The molecule has 0 aliphatic carbocycles. The van der Waals surface area contributed by atoms with Gasteiger partial charge in [-0.3, -0.25) is 9.59 Å². The predicted octanol–water partition coefficient (Wildman–Crippen LogP) is 7.41. The SMILES string of the molecule is Cc1cc(C(F)(C(F)(F)F)C(F)(F)F)cc(C(F)(F)F)c1N(C)C(=O)c1cccc(NC(=O)c2ccc(N)cc2)c1. The number of carbonyl (C=O) groups excluding carboxylic acids is 2. The number of benzene rings is 3. The van der Waals surface area contributed by atoms with Gasteiger partial charge in [0.25, 0.3) is 11.8 Å². The molecule has 0 heterocycles. The summed E-state index contributed by atoms with van der Waals surface area (Å²) in [6.45, 7) is 0.703. The van der Waals surface area contributed by atoms with E-state index in [9.17, 15) is 53.5 Å². The number of amides is 2. The molecule has 220 valence electrons. The molecule has 41 heavy (non-hydrogen) atoms. The van der Waals surface area contributed by atoms with Crippen molar-refractivity contribution in [2.45, 2.75) is 31.1 Å². The second-order valence-electron chi connectivity index (χ2n) is 8.86. The van der Waals surface area contributed by atoms with Crippen molar-refractivity contribution in [1.82, 2.24) is 0 Å². The van der Waals surface area contributed by atoms with Crippen molar-refractivity contribution in [3.8, 4) is 0 Å². The molecule has 3 rings (SSSR count). The molecule has 3 aromatic rings. The van der Waals surface area contributed by atoms with Gasteiger partial charge in [0.1, 0.15) is 0 Å². The van der Waals surface area contributed by atoms with Gasteiger partial charge in [-0.15, -0.1) is 0 Å². The summed E-state index contributed by atoms with van der Waals surface area (Å²) < 4.78 is 136. The Balaban J connectivity index is 2.05. The largest absolute Gasteiger partial charge is 0.435 e. The van der Waals surface area contributed by atoms with E-state index in [1.165, 1.54) is 36.4 Å². The quantitative estimate of drug-likeness (QED) is 0.238. The van der Waals surface area contributed by atoms with Crippen molar-refractivity contribution in [3.63, 3.8) is 0 Å². The smallest absolute Gasteiger partial charge is 0.399 e. The van der Waals surface area contributed by atoms with Crippen molar-refractivity contribution < 1.29 is 53.5 Å². The zero-order valence-electron chi connectivity index (χ0n) is 20.9. The van der Waals surface area contributed by atoms with Crippen LogP contribution in [0.3, 0.4) is 0 Å². The number of nitrogens with one attached hydrogen (secondary N) is 1. The lowest BCUT2D eigenvalue weighted by molar-refractivity contribution is -0.348. The molecule has 0 aliphatic rings. The number of alkyl halides is 10. The van der Waals surface area contributed by atoms with E-state index in [0.29, 0.717) is 17.5 Å². The number of rotatable bonds is 5. The van der Waals surface area contributed by atoms with Crippen LogP contribution in [0, 0.1) is 6.92 Å². The highest BCUT2D eigenvalue weighted by atomic mass is 19.4. The Bertz CT molecular complexity index is 1450. The molecular weight excluding hydrogens is 576 g/mol. The summed E-state index contributed by atoms with van der Waals surface area (Å²) in [5.41, 5.74) is -6.71. The van der Waals surface area contributed by atoms with E-state index in [2.05, 4.69) is 5.32 Å². The number of halogens is 10. The van der Waals surface area contributed by atoms with Crippen LogP contribution in [0.2, 0.25) is 0 Å². The van der Waals surface area contributed by atoms with E-state index >= 15 is 0 Å². The zero-order chi connectivity index (χ0) is 31.1. The Morgan fingerprint density at radius 3 is 1.85 bits per heavy atom. The van der Waals surface area contributed by atoms with Crippen LogP contribution in [0.25, 0.3) is 0 Å². The molecule has 0 saturated heterocycles. The fraction of sp³-hybridized carbons (Fsp3) is 0.231. The molecule has 0 atom stereocenters. The van der Waals surface area contributed by atoms with Crippen molar-refractivity contribution >= 4 is 28.9 Å². The minimum Gasteiger partial charge on any atom is -0.399 e. The van der Waals surface area contributed by atoms with Crippen molar-refractivity contribution in [3.05, 3.63) is 88.5 Å². The van der Waals surface area contributed by atoms with Crippen molar-refractivity contribution in [1.29, 1.82) is 0 Å². The topological polar surface area (TPSA) is 75.4 Å². The van der Waals surface area contributed by atoms with Gasteiger partial charge < -0.3 is 16.0 Å². The summed E-state index contributed by atoms with van der Waals surface area (Å²) in [4.78, 5) is 25.9. The van der Waals surface area contributed by atoms with E-state index in [0.717, 1.165) is 19.2 Å². The van der Waals surface area contributed by atoms with E-state index in [4.69, 9.17) is 5.73 Å². The van der Waals surface area contributed by atoms with Crippen LogP contribution in [-0.4, -0.2) is 31.2 Å². The van der Waals surface area contributed by atoms with Crippen LogP contribution in [0.5, 0.6) is 0 Å². The lowest BCUT2D eigenvalue weighted by Gasteiger charge is -2.32. The van der Waals surface area contributed by atoms with Crippen LogP contribution < -0.4 is 16.0 Å². The van der Waals surface area contributed by atoms with Crippen LogP contribution in [0.1, 0.15) is 37.4 Å². The molecule has 3 aromatic carbocycles. The normalized spacial score (nSPS) is 12.7. The molecule has 0 saturated carbocycles. The predicted molar refractivity (Wildman–Crippen MR) is 129 cm³/mol. The van der Waals surface area contributed by atoms with Crippen LogP contribution in [0.4, 0.5) is 61.0 Å². The highest BCUT2D eigenvalue weighted by molar-refractivity contribution is 6.08. The number of anilines is 3. The molecule has 15 heteroatoms. The number of nitrogens with zero attached hydrogens (tertiary/aromatic N) is 1. The molecule has 5 nitrogen and oxygen atoms in total. The highest BCUT2D eigenvalue weighted by Gasteiger charge is 2.73. The van der Waals surface area contributed by atoms with Gasteiger partial charge in [0.2, 0.25) is 0 Å². The number of nitrogens with two attached hydrogens (primary N) is 1. The molecule has 0 spiro atoms. The summed E-state index contributed by atoms with van der Waals surface area (Å²) >= 11 is 0. The fourth-order valence-electron chi connectivity index (χ4n) is 3.99. The summed E-state index contributed by atoms with van der Waals surface area (Å²) in [5.74, 6) is -1.80. The van der Waals surface area contributed by atoms with Crippen molar-refractivity contribution in [2.24, 2.45) is 0 Å². The molecular formula is C26H19F10N3O2. The lowest BCUT2D eigenvalue weighted by Crippen LogP contribution is -2.50. The molecule has 0 fully saturated rings. The van der Waals surface area contributed by atoms with E-state index in [1.807, 2.05) is 0 Å². The van der Waals surface area contributed by atoms with Gasteiger partial charge in [-0.05, 0) is 61.0 Å².